The lowest BCUT2D eigenvalue weighted by molar-refractivity contribution is -0.129. The normalized spacial score (nSPS) is 9.81. The summed E-state index contributed by atoms with van der Waals surface area (Å²) in [5.74, 6) is -0.237. The van der Waals surface area contributed by atoms with E-state index < -0.39 is 11.9 Å². The zero-order valence-electron chi connectivity index (χ0n) is 11.7. The van der Waals surface area contributed by atoms with Gasteiger partial charge in [-0.2, -0.15) is 0 Å². The number of ether oxygens (including phenoxy) is 2. The topological polar surface area (TPSA) is 52.6 Å². The van der Waals surface area contributed by atoms with Gasteiger partial charge in [0.05, 0.1) is 0 Å². The number of rotatable bonds is 4. The third kappa shape index (κ3) is 4.57. The van der Waals surface area contributed by atoms with E-state index in [-0.39, 0.29) is 0 Å². The predicted octanol–water partition coefficient (Wildman–Crippen LogP) is 3.84. The quantitative estimate of drug-likeness (QED) is 0.489. The maximum absolute atomic E-state index is 11.8. The third-order valence-electron chi connectivity index (χ3n) is 2.36. The largest absolute Gasteiger partial charge is 0.423 e. The van der Waals surface area contributed by atoms with Crippen molar-refractivity contribution in [3.8, 4) is 11.5 Å². The Kier molecular flexibility index (Phi) is 4.90. The molecular weight excluding hydrogens is 288 g/mol. The lowest BCUT2D eigenvalue weighted by Crippen LogP contribution is -2.07. The van der Waals surface area contributed by atoms with Gasteiger partial charge in [0.2, 0.25) is 0 Å². The van der Waals surface area contributed by atoms with Gasteiger partial charge in [0, 0.05) is 12.1 Å². The van der Waals surface area contributed by atoms with Crippen LogP contribution in [0.5, 0.6) is 11.5 Å². The van der Waals surface area contributed by atoms with Crippen LogP contribution in [0.2, 0.25) is 0 Å². The van der Waals surface area contributed by atoms with Crippen LogP contribution in [-0.2, 0) is 4.79 Å². The number of hydrogen-bond donors (Lipinski definition) is 0. The molecule has 2 aromatic rings. The van der Waals surface area contributed by atoms with Crippen molar-refractivity contribution in [3.63, 3.8) is 0 Å². The van der Waals surface area contributed by atoms with E-state index in [2.05, 4.69) is 0 Å². The molecule has 1 aromatic carbocycles. The molecule has 0 radical (unpaired) electrons. The second-order valence-corrected chi connectivity index (χ2v) is 5.43. The fourth-order valence-electron chi connectivity index (χ4n) is 1.53. The summed E-state index contributed by atoms with van der Waals surface area (Å²) in [6, 6.07) is 9.87. The Bertz CT molecular complexity index is 667. The summed E-state index contributed by atoms with van der Waals surface area (Å²) in [7, 11) is 0. The Morgan fingerprint density at radius 1 is 1.05 bits per heavy atom. The van der Waals surface area contributed by atoms with Crippen molar-refractivity contribution in [1.29, 1.82) is 0 Å². The molecule has 0 aliphatic carbocycles. The van der Waals surface area contributed by atoms with E-state index in [0.717, 1.165) is 5.57 Å². The van der Waals surface area contributed by atoms with E-state index in [0.29, 0.717) is 16.4 Å². The highest BCUT2D eigenvalue weighted by atomic mass is 32.1. The minimum atomic E-state index is -0.461. The Hall–Kier alpha value is -2.40. The number of thiophene rings is 1. The molecule has 0 spiro atoms. The molecule has 0 N–H and O–H groups in total. The van der Waals surface area contributed by atoms with Crippen LogP contribution in [-0.4, -0.2) is 11.9 Å². The SMILES string of the molecule is CC(C)=CC(=O)Oc1cccc(OC(=O)c2cccs2)c1. The number of carbonyl (C=O) groups excluding carboxylic acids is 2. The first-order chi connectivity index (χ1) is 10.0. The van der Waals surface area contributed by atoms with Gasteiger partial charge in [-0.15, -0.1) is 11.3 Å². The van der Waals surface area contributed by atoms with Gasteiger partial charge in [-0.05, 0) is 37.4 Å². The average Bonchev–Trinajstić information content (AvgIpc) is 2.91. The van der Waals surface area contributed by atoms with Gasteiger partial charge in [-0.25, -0.2) is 9.59 Å². The molecule has 2 rings (SSSR count). The molecule has 4 nitrogen and oxygen atoms in total. The second kappa shape index (κ2) is 6.85. The van der Waals surface area contributed by atoms with Crippen molar-refractivity contribution in [2.75, 3.05) is 0 Å². The zero-order valence-corrected chi connectivity index (χ0v) is 12.5. The summed E-state index contributed by atoms with van der Waals surface area (Å²) in [4.78, 5) is 23.9. The second-order valence-electron chi connectivity index (χ2n) is 4.48. The number of hydrogen-bond acceptors (Lipinski definition) is 5. The summed E-state index contributed by atoms with van der Waals surface area (Å²) in [6.07, 6.45) is 1.39. The maximum atomic E-state index is 11.8. The van der Waals surface area contributed by atoms with Crippen LogP contribution in [0.25, 0.3) is 0 Å². The van der Waals surface area contributed by atoms with Crippen molar-refractivity contribution in [2.24, 2.45) is 0 Å². The van der Waals surface area contributed by atoms with Crippen molar-refractivity contribution >= 4 is 23.3 Å². The Labute approximate surface area is 126 Å². The lowest BCUT2D eigenvalue weighted by atomic mass is 10.3. The molecule has 0 saturated carbocycles. The van der Waals surface area contributed by atoms with Crippen molar-refractivity contribution < 1.29 is 19.1 Å². The molecule has 1 aromatic heterocycles. The Morgan fingerprint density at radius 3 is 2.38 bits per heavy atom. The van der Waals surface area contributed by atoms with Gasteiger partial charge in [-0.1, -0.05) is 17.7 Å². The standard InChI is InChI=1S/C16H14O4S/c1-11(2)9-15(17)19-12-5-3-6-13(10-12)20-16(18)14-7-4-8-21-14/h3-10H,1-2H3. The lowest BCUT2D eigenvalue weighted by Gasteiger charge is -2.05. The summed E-state index contributed by atoms with van der Waals surface area (Å²) in [6.45, 7) is 3.61. The molecule has 0 aliphatic rings. The highest BCUT2D eigenvalue weighted by molar-refractivity contribution is 7.12. The molecule has 0 unspecified atom stereocenters. The Morgan fingerprint density at radius 2 is 1.76 bits per heavy atom. The van der Waals surface area contributed by atoms with Crippen molar-refractivity contribution in [2.45, 2.75) is 13.8 Å². The van der Waals surface area contributed by atoms with E-state index in [1.165, 1.54) is 23.5 Å². The molecule has 1 heterocycles. The summed E-state index contributed by atoms with van der Waals surface area (Å²) < 4.78 is 10.4. The first kappa shape index (κ1) is 15.0. The van der Waals surface area contributed by atoms with Crippen LogP contribution in [0.15, 0.2) is 53.4 Å². The van der Waals surface area contributed by atoms with Gasteiger partial charge >= 0.3 is 11.9 Å². The van der Waals surface area contributed by atoms with E-state index in [9.17, 15) is 9.59 Å². The van der Waals surface area contributed by atoms with Crippen LogP contribution in [0.1, 0.15) is 23.5 Å². The van der Waals surface area contributed by atoms with E-state index in [1.807, 2.05) is 0 Å². The third-order valence-corrected chi connectivity index (χ3v) is 3.21. The maximum Gasteiger partial charge on any atom is 0.353 e. The molecule has 0 saturated heterocycles. The monoisotopic (exact) mass is 302 g/mol. The highest BCUT2D eigenvalue weighted by Crippen LogP contribution is 2.21. The van der Waals surface area contributed by atoms with E-state index >= 15 is 0 Å². The first-order valence-electron chi connectivity index (χ1n) is 6.27. The van der Waals surface area contributed by atoms with Crippen molar-refractivity contribution in [1.82, 2.24) is 0 Å². The van der Waals surface area contributed by atoms with Crippen LogP contribution in [0.3, 0.4) is 0 Å². The fourth-order valence-corrected chi connectivity index (χ4v) is 2.13. The summed E-state index contributed by atoms with van der Waals surface area (Å²) in [5.41, 5.74) is 0.847. The van der Waals surface area contributed by atoms with Crippen LogP contribution >= 0.6 is 11.3 Å². The minimum Gasteiger partial charge on any atom is -0.423 e. The zero-order chi connectivity index (χ0) is 15.2. The van der Waals surface area contributed by atoms with Gasteiger partial charge in [-0.3, -0.25) is 0 Å². The smallest absolute Gasteiger partial charge is 0.353 e. The molecule has 0 bridgehead atoms. The van der Waals surface area contributed by atoms with Gasteiger partial charge < -0.3 is 9.47 Å². The molecule has 21 heavy (non-hydrogen) atoms. The molecule has 0 amide bonds. The highest BCUT2D eigenvalue weighted by Gasteiger charge is 2.10. The van der Waals surface area contributed by atoms with Crippen LogP contribution < -0.4 is 9.47 Å². The number of allylic oxidation sites excluding steroid dienone is 1. The molecule has 0 atom stereocenters. The van der Waals surface area contributed by atoms with Gasteiger partial charge in [0.1, 0.15) is 16.4 Å². The fraction of sp³-hybridized carbons (Fsp3) is 0.125. The van der Waals surface area contributed by atoms with Gasteiger partial charge in [0.25, 0.3) is 0 Å². The molecule has 5 heteroatoms. The molecule has 0 aliphatic heterocycles. The predicted molar refractivity (Wildman–Crippen MR) is 80.8 cm³/mol. The molecular formula is C16H14O4S. The van der Waals surface area contributed by atoms with E-state index in [1.54, 1.807) is 49.6 Å². The summed E-state index contributed by atoms with van der Waals surface area (Å²) in [5, 5.41) is 1.80. The number of carbonyl (C=O) groups is 2. The van der Waals surface area contributed by atoms with Crippen LogP contribution in [0, 0.1) is 0 Å². The minimum absolute atomic E-state index is 0.328. The number of esters is 2. The Balaban J connectivity index is 2.06. The van der Waals surface area contributed by atoms with E-state index in [4.69, 9.17) is 9.47 Å². The summed E-state index contributed by atoms with van der Waals surface area (Å²) >= 11 is 1.30. The average molecular weight is 302 g/mol. The molecule has 108 valence electrons. The molecule has 0 fully saturated rings. The first-order valence-corrected chi connectivity index (χ1v) is 7.15. The van der Waals surface area contributed by atoms with Gasteiger partial charge in [0.15, 0.2) is 0 Å². The van der Waals surface area contributed by atoms with Crippen molar-refractivity contribution in [3.05, 3.63) is 58.3 Å². The van der Waals surface area contributed by atoms with Crippen LogP contribution in [0.4, 0.5) is 0 Å². The number of benzene rings is 1.